The van der Waals surface area contributed by atoms with Crippen LogP contribution < -0.4 is 21.7 Å². The average molecular weight is 495 g/mol. The molecular formula is C21H31Cl3FN5O. The van der Waals surface area contributed by atoms with E-state index in [0.717, 1.165) is 36.3 Å². The van der Waals surface area contributed by atoms with Gasteiger partial charge in [-0.15, -0.1) is 37.2 Å². The average Bonchev–Trinajstić information content (AvgIpc) is 3.04. The van der Waals surface area contributed by atoms with Crippen molar-refractivity contribution in [2.45, 2.75) is 25.8 Å². The molecule has 1 aromatic heterocycles. The van der Waals surface area contributed by atoms with E-state index in [4.69, 9.17) is 5.73 Å². The number of hydrogen-bond acceptors (Lipinski definition) is 5. The fraction of sp³-hybridized carbons (Fsp3) is 0.429. The quantitative estimate of drug-likeness (QED) is 0.423. The molecule has 5 N–H and O–H groups in total. The molecule has 1 aromatic carbocycles. The van der Waals surface area contributed by atoms with Crippen molar-refractivity contribution in [2.75, 3.05) is 31.9 Å². The number of rotatable bonds is 8. The van der Waals surface area contributed by atoms with Crippen LogP contribution in [0.15, 0.2) is 36.4 Å². The minimum absolute atomic E-state index is 0. The highest BCUT2D eigenvalue weighted by Crippen LogP contribution is 2.17. The molecule has 0 radical (unpaired) electrons. The molecule has 2 aromatic rings. The summed E-state index contributed by atoms with van der Waals surface area (Å²) in [5, 5.41) is 9.57. The van der Waals surface area contributed by atoms with Crippen LogP contribution in [0.25, 0.3) is 0 Å². The van der Waals surface area contributed by atoms with Crippen molar-refractivity contribution in [1.82, 2.24) is 20.9 Å². The summed E-state index contributed by atoms with van der Waals surface area (Å²) >= 11 is 0. The van der Waals surface area contributed by atoms with E-state index in [0.29, 0.717) is 18.8 Å². The Bertz CT molecular complexity index is 807. The molecule has 6 nitrogen and oxygen atoms in total. The molecule has 1 aliphatic rings. The normalized spacial score (nSPS) is 17.1. The van der Waals surface area contributed by atoms with E-state index in [1.54, 1.807) is 6.07 Å². The number of halogens is 4. The van der Waals surface area contributed by atoms with Gasteiger partial charge >= 0.3 is 0 Å². The fourth-order valence-electron chi connectivity index (χ4n) is 3.64. The Morgan fingerprint density at radius 2 is 2.00 bits per heavy atom. The van der Waals surface area contributed by atoms with E-state index >= 15 is 0 Å². The van der Waals surface area contributed by atoms with Crippen molar-refractivity contribution < 1.29 is 9.18 Å². The maximum Gasteiger partial charge on any atom is 0.234 e. The van der Waals surface area contributed by atoms with Crippen LogP contribution in [0.5, 0.6) is 0 Å². The third-order valence-electron chi connectivity index (χ3n) is 4.97. The Morgan fingerprint density at radius 3 is 2.71 bits per heavy atom. The number of pyridine rings is 1. The molecule has 0 saturated carbocycles. The highest BCUT2D eigenvalue weighted by molar-refractivity contribution is 5.86. The van der Waals surface area contributed by atoms with Crippen LogP contribution in [-0.2, 0) is 17.6 Å². The number of nitrogen functional groups attached to an aromatic ring is 1. The van der Waals surface area contributed by atoms with Crippen LogP contribution in [0.4, 0.5) is 10.2 Å². The Balaban J connectivity index is 0.00000300. The van der Waals surface area contributed by atoms with Gasteiger partial charge in [0.1, 0.15) is 11.6 Å². The highest BCUT2D eigenvalue weighted by Gasteiger charge is 2.28. The molecule has 10 heteroatoms. The summed E-state index contributed by atoms with van der Waals surface area (Å²) in [6.07, 6.45) is 1.45. The Labute approximate surface area is 201 Å². The van der Waals surface area contributed by atoms with Crippen LogP contribution in [0.3, 0.4) is 0 Å². The van der Waals surface area contributed by atoms with E-state index in [1.807, 2.05) is 25.1 Å². The number of aryl methyl sites for hydroxylation is 1. The molecule has 1 amide bonds. The fourth-order valence-corrected chi connectivity index (χ4v) is 3.64. The molecule has 31 heavy (non-hydrogen) atoms. The molecule has 1 fully saturated rings. The van der Waals surface area contributed by atoms with Crippen molar-refractivity contribution in [1.29, 1.82) is 0 Å². The van der Waals surface area contributed by atoms with Crippen LogP contribution in [0.2, 0.25) is 0 Å². The second-order valence-corrected chi connectivity index (χ2v) is 7.41. The van der Waals surface area contributed by atoms with Gasteiger partial charge in [0.25, 0.3) is 0 Å². The summed E-state index contributed by atoms with van der Waals surface area (Å²) in [6, 6.07) is 10.5. The van der Waals surface area contributed by atoms with E-state index in [2.05, 4.69) is 20.9 Å². The van der Waals surface area contributed by atoms with Gasteiger partial charge < -0.3 is 21.7 Å². The Morgan fingerprint density at radius 1 is 1.23 bits per heavy atom. The number of anilines is 1. The number of nitrogens with zero attached hydrogens (tertiary/aromatic N) is 1. The highest BCUT2D eigenvalue weighted by atomic mass is 35.5. The van der Waals surface area contributed by atoms with Gasteiger partial charge in [-0.25, -0.2) is 9.37 Å². The standard InChI is InChI=1S/C21H28FN5O.3ClH/c1-14-7-18(26-20(23)8-14)10-16-11-25-12-19(16)27-21(28)13-24-6-5-15-3-2-4-17(22)9-15;;;/h2-4,7-9,16,19,24-25H,5-6,10-13H2,1H3,(H2,23,26)(H,27,28);3*1H/t16-,19+;;;/m1.../s1. The molecule has 0 bridgehead atoms. The predicted molar refractivity (Wildman–Crippen MR) is 130 cm³/mol. The number of nitrogens with two attached hydrogens (primary N) is 1. The van der Waals surface area contributed by atoms with Crippen molar-refractivity contribution in [3.63, 3.8) is 0 Å². The van der Waals surface area contributed by atoms with Crippen molar-refractivity contribution in [3.8, 4) is 0 Å². The lowest BCUT2D eigenvalue weighted by molar-refractivity contribution is -0.121. The lowest BCUT2D eigenvalue weighted by Crippen LogP contribution is -2.45. The summed E-state index contributed by atoms with van der Waals surface area (Å²) in [5.74, 6) is 0.545. The third kappa shape index (κ3) is 9.58. The first-order chi connectivity index (χ1) is 13.5. The van der Waals surface area contributed by atoms with Crippen LogP contribution in [0.1, 0.15) is 16.8 Å². The first kappa shape index (κ1) is 29.4. The van der Waals surface area contributed by atoms with E-state index in [-0.39, 0.29) is 67.5 Å². The largest absolute Gasteiger partial charge is 0.384 e. The van der Waals surface area contributed by atoms with E-state index < -0.39 is 0 Å². The zero-order chi connectivity index (χ0) is 19.9. The van der Waals surface area contributed by atoms with Crippen LogP contribution >= 0.6 is 37.2 Å². The van der Waals surface area contributed by atoms with Gasteiger partial charge in [0.15, 0.2) is 0 Å². The number of aromatic nitrogens is 1. The third-order valence-corrected chi connectivity index (χ3v) is 4.97. The predicted octanol–water partition coefficient (Wildman–Crippen LogP) is 2.46. The van der Waals surface area contributed by atoms with Crippen molar-refractivity contribution in [2.24, 2.45) is 5.92 Å². The second kappa shape index (κ2) is 14.4. The maximum absolute atomic E-state index is 13.2. The molecular weight excluding hydrogens is 464 g/mol. The van der Waals surface area contributed by atoms with E-state index in [9.17, 15) is 9.18 Å². The van der Waals surface area contributed by atoms with E-state index in [1.165, 1.54) is 12.1 Å². The molecule has 174 valence electrons. The van der Waals surface area contributed by atoms with Crippen molar-refractivity contribution >= 4 is 48.9 Å². The van der Waals surface area contributed by atoms with Gasteiger partial charge in [0.2, 0.25) is 5.91 Å². The summed E-state index contributed by atoms with van der Waals surface area (Å²) in [6.45, 7) is 4.46. The molecule has 2 heterocycles. The summed E-state index contributed by atoms with van der Waals surface area (Å²) in [4.78, 5) is 16.7. The van der Waals surface area contributed by atoms with Crippen LogP contribution in [-0.4, -0.2) is 43.1 Å². The lowest BCUT2D eigenvalue weighted by Gasteiger charge is -2.20. The second-order valence-electron chi connectivity index (χ2n) is 7.41. The summed E-state index contributed by atoms with van der Waals surface area (Å²) < 4.78 is 13.2. The van der Waals surface area contributed by atoms with Gasteiger partial charge in [-0.05, 0) is 67.6 Å². The molecule has 3 rings (SSSR count). The zero-order valence-electron chi connectivity index (χ0n) is 17.4. The van der Waals surface area contributed by atoms with Gasteiger partial charge in [-0.1, -0.05) is 12.1 Å². The first-order valence-corrected chi connectivity index (χ1v) is 9.68. The molecule has 0 spiro atoms. The number of carbonyl (C=O) groups excluding carboxylic acids is 1. The summed E-state index contributed by atoms with van der Waals surface area (Å²) in [5.41, 5.74) is 8.81. The minimum atomic E-state index is -0.236. The topological polar surface area (TPSA) is 92.1 Å². The van der Waals surface area contributed by atoms with Gasteiger partial charge in [-0.3, -0.25) is 4.79 Å². The number of hydrogen-bond donors (Lipinski definition) is 4. The maximum atomic E-state index is 13.2. The number of benzene rings is 1. The number of carbonyl (C=O) groups is 1. The van der Waals surface area contributed by atoms with Gasteiger partial charge in [-0.2, -0.15) is 0 Å². The number of amides is 1. The number of nitrogens with one attached hydrogen (secondary N) is 3. The molecule has 2 atom stereocenters. The monoisotopic (exact) mass is 493 g/mol. The molecule has 1 aliphatic heterocycles. The minimum Gasteiger partial charge on any atom is -0.384 e. The molecule has 0 aliphatic carbocycles. The lowest BCUT2D eigenvalue weighted by atomic mass is 9.97. The van der Waals surface area contributed by atoms with Gasteiger partial charge in [0.05, 0.1) is 6.54 Å². The molecule has 1 saturated heterocycles. The SMILES string of the molecule is Cc1cc(N)nc(C[C@@H]2CNC[C@@H]2NC(=O)CNCCc2cccc(F)c2)c1.Cl.Cl.Cl. The summed E-state index contributed by atoms with van der Waals surface area (Å²) in [7, 11) is 0. The Kier molecular flexibility index (Phi) is 13.7. The van der Waals surface area contributed by atoms with Crippen LogP contribution in [0, 0.1) is 18.7 Å². The molecule has 0 unspecified atom stereocenters. The Hall–Kier alpha value is -1.64. The van der Waals surface area contributed by atoms with Crippen molar-refractivity contribution in [3.05, 3.63) is 59.0 Å². The smallest absolute Gasteiger partial charge is 0.234 e. The zero-order valence-corrected chi connectivity index (χ0v) is 19.8. The first-order valence-electron chi connectivity index (χ1n) is 9.68. The van der Waals surface area contributed by atoms with Gasteiger partial charge in [0, 0.05) is 24.8 Å².